The van der Waals surface area contributed by atoms with Crippen LogP contribution in [0.4, 0.5) is 10.3 Å². The largest absolute Gasteiger partial charge is 0.368 e. The van der Waals surface area contributed by atoms with E-state index in [0.717, 1.165) is 9.13 Å². The minimum atomic E-state index is -0.269. The smallest absolute Gasteiger partial charge is 0.222 e. The monoisotopic (exact) mass is 304 g/mol. The molecule has 5 heteroatoms. The zero-order valence-corrected chi connectivity index (χ0v) is 9.16. The molecule has 0 unspecified atom stereocenters. The maximum absolute atomic E-state index is 12.8. The maximum Gasteiger partial charge on any atom is 0.222 e. The van der Waals surface area contributed by atoms with E-state index >= 15 is 0 Å². The van der Waals surface area contributed by atoms with Gasteiger partial charge in [-0.15, -0.1) is 0 Å². The van der Waals surface area contributed by atoms with Crippen molar-refractivity contribution in [3.63, 3.8) is 0 Å². The normalized spacial score (nSPS) is 10.4. The fourth-order valence-corrected chi connectivity index (χ4v) is 1.87. The molecular formula is C9H6FIN2O. The van der Waals surface area contributed by atoms with Crippen molar-refractivity contribution >= 4 is 28.5 Å². The molecule has 0 aliphatic carbocycles. The van der Waals surface area contributed by atoms with Crippen LogP contribution >= 0.6 is 22.6 Å². The van der Waals surface area contributed by atoms with Crippen LogP contribution in [0.3, 0.4) is 0 Å². The van der Waals surface area contributed by atoms with Crippen LogP contribution in [0.15, 0.2) is 28.8 Å². The average Bonchev–Trinajstić information content (AvgIpc) is 2.51. The lowest BCUT2D eigenvalue weighted by atomic mass is 10.1. The zero-order valence-electron chi connectivity index (χ0n) is 7.00. The molecular weight excluding hydrogens is 298 g/mol. The van der Waals surface area contributed by atoms with Crippen molar-refractivity contribution in [2.75, 3.05) is 5.73 Å². The summed E-state index contributed by atoms with van der Waals surface area (Å²) in [4.78, 5) is 0. The Kier molecular flexibility index (Phi) is 2.40. The van der Waals surface area contributed by atoms with Crippen LogP contribution in [-0.2, 0) is 0 Å². The van der Waals surface area contributed by atoms with Crippen molar-refractivity contribution in [3.8, 4) is 11.3 Å². The summed E-state index contributed by atoms with van der Waals surface area (Å²) >= 11 is 2.04. The Balaban J connectivity index is 2.52. The molecule has 0 amide bonds. The van der Waals surface area contributed by atoms with Crippen LogP contribution in [0.1, 0.15) is 0 Å². The summed E-state index contributed by atoms with van der Waals surface area (Å²) in [5.74, 6) is -0.0188. The van der Waals surface area contributed by atoms with Gasteiger partial charge < -0.3 is 10.3 Å². The van der Waals surface area contributed by atoms with E-state index in [2.05, 4.69) is 5.16 Å². The molecule has 0 aliphatic heterocycles. The van der Waals surface area contributed by atoms with Gasteiger partial charge in [-0.1, -0.05) is 5.16 Å². The molecule has 1 aromatic heterocycles. The number of halogens is 2. The summed E-state index contributed by atoms with van der Waals surface area (Å²) in [6, 6.07) is 6.06. The third-order valence-electron chi connectivity index (χ3n) is 1.74. The van der Waals surface area contributed by atoms with Gasteiger partial charge in [0, 0.05) is 15.2 Å². The minimum Gasteiger partial charge on any atom is -0.368 e. The number of nitrogens with two attached hydrogens (primary N) is 1. The molecule has 1 aromatic carbocycles. The van der Waals surface area contributed by atoms with Crippen molar-refractivity contribution in [3.05, 3.63) is 33.7 Å². The Labute approximate surface area is 93.2 Å². The molecule has 0 radical (unpaired) electrons. The van der Waals surface area contributed by atoms with Crippen LogP contribution in [0.25, 0.3) is 11.3 Å². The van der Waals surface area contributed by atoms with E-state index in [1.807, 2.05) is 22.6 Å². The second-order valence-corrected chi connectivity index (χ2v) is 3.90. The lowest BCUT2D eigenvalue weighted by Gasteiger charge is -1.98. The number of nitrogen functional groups attached to an aromatic ring is 1. The van der Waals surface area contributed by atoms with Gasteiger partial charge in [0.05, 0.1) is 0 Å². The SMILES string of the molecule is Nc1cc(-c2ccc(F)cc2I)no1. The molecule has 0 saturated heterocycles. The molecule has 0 atom stereocenters. The molecule has 2 N–H and O–H groups in total. The highest BCUT2D eigenvalue weighted by molar-refractivity contribution is 14.1. The molecule has 72 valence electrons. The van der Waals surface area contributed by atoms with Gasteiger partial charge in [0.15, 0.2) is 0 Å². The predicted molar refractivity (Wildman–Crippen MR) is 59.0 cm³/mol. The van der Waals surface area contributed by atoms with Crippen molar-refractivity contribution in [1.29, 1.82) is 0 Å². The van der Waals surface area contributed by atoms with E-state index in [0.29, 0.717) is 5.69 Å². The summed E-state index contributed by atoms with van der Waals surface area (Å²) in [5.41, 5.74) is 6.82. The lowest BCUT2D eigenvalue weighted by molar-refractivity contribution is 0.439. The Morgan fingerprint density at radius 1 is 1.36 bits per heavy atom. The molecule has 0 fully saturated rings. The fourth-order valence-electron chi connectivity index (χ4n) is 1.11. The van der Waals surface area contributed by atoms with E-state index in [9.17, 15) is 4.39 Å². The van der Waals surface area contributed by atoms with E-state index in [-0.39, 0.29) is 11.7 Å². The predicted octanol–water partition coefficient (Wildman–Crippen LogP) is 2.67. The number of aromatic nitrogens is 1. The lowest BCUT2D eigenvalue weighted by Crippen LogP contribution is -1.84. The quantitative estimate of drug-likeness (QED) is 0.824. The first kappa shape index (κ1) is 9.45. The van der Waals surface area contributed by atoms with Crippen molar-refractivity contribution in [2.45, 2.75) is 0 Å². The van der Waals surface area contributed by atoms with E-state index < -0.39 is 0 Å². The Morgan fingerprint density at radius 2 is 2.14 bits per heavy atom. The molecule has 0 aliphatic rings. The first-order valence-corrected chi connectivity index (χ1v) is 4.92. The second-order valence-electron chi connectivity index (χ2n) is 2.74. The molecule has 0 saturated carbocycles. The Hall–Kier alpha value is -1.11. The van der Waals surface area contributed by atoms with Crippen molar-refractivity contribution in [1.82, 2.24) is 5.16 Å². The first-order chi connectivity index (χ1) is 6.66. The van der Waals surface area contributed by atoms with E-state index in [1.165, 1.54) is 12.1 Å². The molecule has 2 aromatic rings. The summed E-state index contributed by atoms with van der Waals surface area (Å²) in [6.07, 6.45) is 0. The summed E-state index contributed by atoms with van der Waals surface area (Å²) in [6.45, 7) is 0. The van der Waals surface area contributed by atoms with Crippen LogP contribution in [-0.4, -0.2) is 5.16 Å². The summed E-state index contributed by atoms with van der Waals surface area (Å²) < 4.78 is 18.3. The summed E-state index contributed by atoms with van der Waals surface area (Å²) in [5, 5.41) is 3.75. The minimum absolute atomic E-state index is 0.250. The van der Waals surface area contributed by atoms with Gasteiger partial charge in [-0.25, -0.2) is 4.39 Å². The van der Waals surface area contributed by atoms with Gasteiger partial charge in [0.25, 0.3) is 0 Å². The number of hydrogen-bond acceptors (Lipinski definition) is 3. The van der Waals surface area contributed by atoms with Crippen LogP contribution in [0, 0.1) is 9.39 Å². The Morgan fingerprint density at radius 3 is 2.71 bits per heavy atom. The maximum atomic E-state index is 12.8. The topological polar surface area (TPSA) is 52.0 Å². The average molecular weight is 304 g/mol. The van der Waals surface area contributed by atoms with E-state index in [1.54, 1.807) is 12.1 Å². The highest BCUT2D eigenvalue weighted by Gasteiger charge is 2.08. The first-order valence-electron chi connectivity index (χ1n) is 3.84. The molecule has 14 heavy (non-hydrogen) atoms. The standard InChI is InChI=1S/C9H6FIN2O/c10-5-1-2-6(7(11)3-5)8-4-9(12)14-13-8/h1-4H,12H2. The molecule has 1 heterocycles. The van der Waals surface area contributed by atoms with Crippen molar-refractivity contribution < 1.29 is 8.91 Å². The molecule has 0 spiro atoms. The van der Waals surface area contributed by atoms with E-state index in [4.69, 9.17) is 10.3 Å². The van der Waals surface area contributed by atoms with Crippen LogP contribution < -0.4 is 5.73 Å². The summed E-state index contributed by atoms with van der Waals surface area (Å²) in [7, 11) is 0. The molecule has 3 nitrogen and oxygen atoms in total. The highest BCUT2D eigenvalue weighted by Crippen LogP contribution is 2.25. The third-order valence-corrected chi connectivity index (χ3v) is 2.63. The number of rotatable bonds is 1. The zero-order chi connectivity index (χ0) is 10.1. The third kappa shape index (κ3) is 1.72. The molecule has 0 bridgehead atoms. The van der Waals surface area contributed by atoms with Gasteiger partial charge in [0.1, 0.15) is 11.5 Å². The number of benzene rings is 1. The van der Waals surface area contributed by atoms with Gasteiger partial charge in [-0.3, -0.25) is 0 Å². The van der Waals surface area contributed by atoms with Crippen LogP contribution in [0.2, 0.25) is 0 Å². The van der Waals surface area contributed by atoms with Crippen LogP contribution in [0.5, 0.6) is 0 Å². The number of nitrogens with zero attached hydrogens (tertiary/aromatic N) is 1. The number of hydrogen-bond donors (Lipinski definition) is 1. The fraction of sp³-hybridized carbons (Fsp3) is 0. The molecule has 2 rings (SSSR count). The van der Waals surface area contributed by atoms with Gasteiger partial charge in [0.2, 0.25) is 5.88 Å². The van der Waals surface area contributed by atoms with Crippen molar-refractivity contribution in [2.24, 2.45) is 0 Å². The second kappa shape index (κ2) is 3.56. The van der Waals surface area contributed by atoms with Gasteiger partial charge in [-0.2, -0.15) is 0 Å². The van der Waals surface area contributed by atoms with Gasteiger partial charge in [-0.05, 0) is 40.8 Å². The number of anilines is 1. The Bertz CT molecular complexity index is 470. The highest BCUT2D eigenvalue weighted by atomic mass is 127. The van der Waals surface area contributed by atoms with Gasteiger partial charge >= 0.3 is 0 Å².